The molecule has 0 saturated carbocycles. The number of nitrogens with one attached hydrogen (secondary N) is 4. The fourth-order valence-electron chi connectivity index (χ4n) is 4.00. The Labute approximate surface area is 234 Å². The minimum absolute atomic E-state index is 0.0828. The third-order valence-electron chi connectivity index (χ3n) is 5.82. The van der Waals surface area contributed by atoms with Crippen LogP contribution in [0.4, 0.5) is 40.8 Å². The normalized spacial score (nSPS) is 11.7. The van der Waals surface area contributed by atoms with Crippen molar-refractivity contribution in [3.8, 4) is 0 Å². The molecule has 0 spiro atoms. The summed E-state index contributed by atoms with van der Waals surface area (Å²) in [4.78, 5) is 30.3. The van der Waals surface area contributed by atoms with Gasteiger partial charge in [-0.3, -0.25) is 4.79 Å². The van der Waals surface area contributed by atoms with E-state index in [4.69, 9.17) is 11.6 Å². The monoisotopic (exact) mass is 569 g/mol. The Morgan fingerprint density at radius 1 is 0.850 bits per heavy atom. The van der Waals surface area contributed by atoms with Gasteiger partial charge in [0.1, 0.15) is 5.82 Å². The van der Waals surface area contributed by atoms with Gasteiger partial charge in [0.25, 0.3) is 5.91 Å². The number of rotatable bonds is 5. The number of hydrogen-bond acceptors (Lipinski definition) is 4. The van der Waals surface area contributed by atoms with Crippen molar-refractivity contribution in [3.05, 3.63) is 88.6 Å². The lowest BCUT2D eigenvalue weighted by molar-refractivity contribution is -0.137. The Balaban J connectivity index is 1.52. The Hall–Kier alpha value is -4.31. The fraction of sp³-hybridized carbons (Fsp3) is 0.207. The van der Waals surface area contributed by atoms with Gasteiger partial charge in [-0.2, -0.15) is 13.2 Å². The van der Waals surface area contributed by atoms with Gasteiger partial charge in [0.15, 0.2) is 0 Å². The molecule has 1 heterocycles. The quantitative estimate of drug-likeness (QED) is 0.194. The molecule has 4 rings (SSSR count). The maximum absolute atomic E-state index is 13.3. The van der Waals surface area contributed by atoms with Crippen LogP contribution in [0.5, 0.6) is 0 Å². The zero-order chi connectivity index (χ0) is 29.2. The summed E-state index contributed by atoms with van der Waals surface area (Å²) in [5.41, 5.74) is 0.581. The van der Waals surface area contributed by atoms with Crippen LogP contribution in [0.25, 0.3) is 10.8 Å². The third kappa shape index (κ3) is 6.81. The number of carbonyl (C=O) groups is 2. The highest BCUT2D eigenvalue weighted by atomic mass is 35.5. The van der Waals surface area contributed by atoms with E-state index in [1.807, 2.05) is 26.8 Å². The smallest absolute Gasteiger partial charge is 0.365 e. The number of hydrogen-bond donors (Lipinski definition) is 4. The molecule has 0 fully saturated rings. The molecule has 0 bridgehead atoms. The van der Waals surface area contributed by atoms with Gasteiger partial charge in [0.05, 0.1) is 10.6 Å². The van der Waals surface area contributed by atoms with E-state index in [-0.39, 0.29) is 17.1 Å². The maximum atomic E-state index is 13.3. The van der Waals surface area contributed by atoms with E-state index >= 15 is 0 Å². The van der Waals surface area contributed by atoms with Gasteiger partial charge in [-0.1, -0.05) is 29.8 Å². The summed E-state index contributed by atoms with van der Waals surface area (Å²) in [7, 11) is 0. The first kappa shape index (κ1) is 28.7. The van der Waals surface area contributed by atoms with E-state index in [1.54, 1.807) is 49.5 Å². The standard InChI is InChI=1S/C29H27ClF3N5O2/c1-16-8-9-18(36-27(40)35-17-10-11-23(30)22(14-17)29(31,32)33)15-24(16)37-26(39)21-7-5-6-20-19(21)12-13-34-25(20)38-28(2,3)4/h5-15H,1-4H3,(H,34,38)(H,37,39)(H2,35,36,40). The topological polar surface area (TPSA) is 95.2 Å². The summed E-state index contributed by atoms with van der Waals surface area (Å²) < 4.78 is 39.4. The number of carbonyl (C=O) groups excluding carboxylic acids is 2. The molecule has 11 heteroatoms. The summed E-state index contributed by atoms with van der Waals surface area (Å²) in [5, 5.41) is 12.2. The molecule has 3 aromatic carbocycles. The number of halogens is 4. The molecule has 0 aliphatic heterocycles. The van der Waals surface area contributed by atoms with Gasteiger partial charge in [-0.25, -0.2) is 9.78 Å². The molecule has 0 aliphatic rings. The van der Waals surface area contributed by atoms with Crippen LogP contribution in [0, 0.1) is 6.92 Å². The number of pyridine rings is 1. The maximum Gasteiger partial charge on any atom is 0.417 e. The third-order valence-corrected chi connectivity index (χ3v) is 6.15. The molecule has 40 heavy (non-hydrogen) atoms. The molecule has 208 valence electrons. The van der Waals surface area contributed by atoms with Gasteiger partial charge in [0.2, 0.25) is 0 Å². The first-order valence-electron chi connectivity index (χ1n) is 12.2. The predicted molar refractivity (Wildman–Crippen MR) is 153 cm³/mol. The molecule has 0 aliphatic carbocycles. The predicted octanol–water partition coefficient (Wildman–Crippen LogP) is 8.32. The molecule has 0 radical (unpaired) electrons. The summed E-state index contributed by atoms with van der Waals surface area (Å²) in [6.07, 6.45) is -3.03. The van der Waals surface area contributed by atoms with Crippen molar-refractivity contribution in [2.75, 3.05) is 21.3 Å². The van der Waals surface area contributed by atoms with Crippen molar-refractivity contribution in [1.29, 1.82) is 0 Å². The van der Waals surface area contributed by atoms with E-state index in [1.165, 1.54) is 6.07 Å². The van der Waals surface area contributed by atoms with E-state index in [0.29, 0.717) is 28.1 Å². The fourth-order valence-corrected chi connectivity index (χ4v) is 4.22. The summed E-state index contributed by atoms with van der Waals surface area (Å²) in [5.74, 6) is 0.306. The average molecular weight is 570 g/mol. The zero-order valence-corrected chi connectivity index (χ0v) is 22.9. The first-order chi connectivity index (χ1) is 18.7. The molecule has 0 unspecified atom stereocenters. The number of alkyl halides is 3. The van der Waals surface area contributed by atoms with Crippen LogP contribution in [0.15, 0.2) is 66.9 Å². The van der Waals surface area contributed by atoms with E-state index in [9.17, 15) is 22.8 Å². The van der Waals surface area contributed by atoms with Gasteiger partial charge in [-0.15, -0.1) is 0 Å². The average Bonchev–Trinajstić information content (AvgIpc) is 2.85. The van der Waals surface area contributed by atoms with E-state index in [0.717, 1.165) is 23.1 Å². The lowest BCUT2D eigenvalue weighted by atomic mass is 10.0. The lowest BCUT2D eigenvalue weighted by Crippen LogP contribution is -2.26. The Kier molecular flexibility index (Phi) is 7.93. The van der Waals surface area contributed by atoms with Crippen molar-refractivity contribution in [2.24, 2.45) is 0 Å². The van der Waals surface area contributed by atoms with Crippen LogP contribution < -0.4 is 21.3 Å². The number of benzene rings is 3. The minimum atomic E-state index is -4.67. The molecule has 1 aromatic heterocycles. The van der Waals surface area contributed by atoms with Crippen molar-refractivity contribution in [1.82, 2.24) is 4.98 Å². The second kappa shape index (κ2) is 11.1. The van der Waals surface area contributed by atoms with Crippen LogP contribution >= 0.6 is 11.6 Å². The largest absolute Gasteiger partial charge is 0.417 e. The highest BCUT2D eigenvalue weighted by Crippen LogP contribution is 2.36. The highest BCUT2D eigenvalue weighted by molar-refractivity contribution is 6.31. The summed E-state index contributed by atoms with van der Waals surface area (Å²) >= 11 is 5.64. The number of aromatic nitrogens is 1. The van der Waals surface area contributed by atoms with E-state index < -0.39 is 22.8 Å². The van der Waals surface area contributed by atoms with Gasteiger partial charge in [0, 0.05) is 39.7 Å². The van der Waals surface area contributed by atoms with Crippen LogP contribution in [-0.2, 0) is 6.18 Å². The van der Waals surface area contributed by atoms with Crippen LogP contribution in [0.3, 0.4) is 0 Å². The number of amides is 3. The van der Waals surface area contributed by atoms with Crippen molar-refractivity contribution < 1.29 is 22.8 Å². The second-order valence-electron chi connectivity index (χ2n) is 10.2. The molecular weight excluding hydrogens is 543 g/mol. The van der Waals surface area contributed by atoms with Crippen LogP contribution in [0.1, 0.15) is 42.3 Å². The molecule has 0 saturated heterocycles. The Bertz CT molecular complexity index is 1600. The SMILES string of the molecule is Cc1ccc(NC(=O)Nc2ccc(Cl)c(C(F)(F)F)c2)cc1NC(=O)c1cccc2c(NC(C)(C)C)nccc12. The summed E-state index contributed by atoms with van der Waals surface area (Å²) in [6.45, 7) is 7.85. The van der Waals surface area contributed by atoms with Crippen LogP contribution in [0.2, 0.25) is 5.02 Å². The highest BCUT2D eigenvalue weighted by Gasteiger charge is 2.33. The number of urea groups is 1. The Morgan fingerprint density at radius 2 is 1.52 bits per heavy atom. The molecule has 7 nitrogen and oxygen atoms in total. The van der Waals surface area contributed by atoms with Gasteiger partial charge in [-0.05, 0) is 81.1 Å². The number of aryl methyl sites for hydroxylation is 1. The summed E-state index contributed by atoms with van der Waals surface area (Å²) in [6, 6.07) is 14.3. The zero-order valence-electron chi connectivity index (χ0n) is 22.1. The minimum Gasteiger partial charge on any atom is -0.365 e. The Morgan fingerprint density at radius 3 is 2.20 bits per heavy atom. The van der Waals surface area contributed by atoms with Crippen molar-refractivity contribution >= 4 is 57.2 Å². The van der Waals surface area contributed by atoms with Gasteiger partial charge < -0.3 is 21.3 Å². The number of nitrogens with zero attached hydrogens (tertiary/aromatic N) is 1. The number of anilines is 4. The molecule has 4 N–H and O–H groups in total. The van der Waals surface area contributed by atoms with Crippen molar-refractivity contribution in [3.63, 3.8) is 0 Å². The van der Waals surface area contributed by atoms with Gasteiger partial charge >= 0.3 is 12.2 Å². The lowest BCUT2D eigenvalue weighted by Gasteiger charge is -2.22. The van der Waals surface area contributed by atoms with E-state index in [2.05, 4.69) is 26.3 Å². The van der Waals surface area contributed by atoms with Crippen molar-refractivity contribution in [2.45, 2.75) is 39.4 Å². The first-order valence-corrected chi connectivity index (χ1v) is 12.6. The molecule has 0 atom stereocenters. The molecule has 4 aromatic rings. The number of fused-ring (bicyclic) bond motifs is 1. The molecular formula is C29H27ClF3N5O2. The van der Waals surface area contributed by atoms with Crippen LogP contribution in [-0.4, -0.2) is 22.5 Å². The second-order valence-corrected chi connectivity index (χ2v) is 10.6. The molecule has 3 amide bonds.